The van der Waals surface area contributed by atoms with E-state index < -0.39 is 5.54 Å². The van der Waals surface area contributed by atoms with Gasteiger partial charge in [-0.1, -0.05) is 13.8 Å². The molecule has 16 heavy (non-hydrogen) atoms. The normalized spacial score (nSPS) is 27.4. The van der Waals surface area contributed by atoms with Crippen LogP contribution in [0.1, 0.15) is 47.0 Å². The van der Waals surface area contributed by atoms with Gasteiger partial charge in [-0.15, -0.1) is 0 Å². The van der Waals surface area contributed by atoms with Crippen molar-refractivity contribution < 1.29 is 5.11 Å². The average Bonchev–Trinajstić information content (AvgIpc) is 2.16. The molecule has 0 bridgehead atoms. The third-order valence-corrected chi connectivity index (χ3v) is 3.90. The number of nitrogens with two attached hydrogens (primary N) is 1. The second-order valence-corrected chi connectivity index (χ2v) is 6.57. The van der Waals surface area contributed by atoms with Gasteiger partial charge in [0.1, 0.15) is 0 Å². The van der Waals surface area contributed by atoms with Crippen molar-refractivity contribution in [2.75, 3.05) is 19.7 Å². The highest BCUT2D eigenvalue weighted by Gasteiger charge is 2.30. The Bertz CT molecular complexity index is 216. The molecule has 0 saturated carbocycles. The van der Waals surface area contributed by atoms with Crippen molar-refractivity contribution in [1.29, 1.82) is 0 Å². The molecule has 1 heterocycles. The molecule has 1 saturated heterocycles. The van der Waals surface area contributed by atoms with Crippen molar-refractivity contribution in [3.05, 3.63) is 0 Å². The van der Waals surface area contributed by atoms with Gasteiger partial charge in [-0.2, -0.15) is 0 Å². The maximum absolute atomic E-state index is 9.18. The molecule has 3 N–H and O–H groups in total. The number of hydrogen-bond donors (Lipinski definition) is 2. The van der Waals surface area contributed by atoms with Gasteiger partial charge in [-0.05, 0) is 51.6 Å². The zero-order valence-electron chi connectivity index (χ0n) is 11.3. The highest BCUT2D eigenvalue weighted by atomic mass is 16.3. The van der Waals surface area contributed by atoms with Gasteiger partial charge in [0.15, 0.2) is 0 Å². The fourth-order valence-electron chi connectivity index (χ4n) is 2.44. The summed E-state index contributed by atoms with van der Waals surface area (Å²) < 4.78 is 0. The van der Waals surface area contributed by atoms with Gasteiger partial charge in [0.05, 0.1) is 6.61 Å². The van der Waals surface area contributed by atoms with Crippen LogP contribution in [0.25, 0.3) is 0 Å². The van der Waals surface area contributed by atoms with Crippen molar-refractivity contribution in [1.82, 2.24) is 4.90 Å². The van der Waals surface area contributed by atoms with Crippen LogP contribution in [0.2, 0.25) is 0 Å². The second-order valence-electron chi connectivity index (χ2n) is 6.57. The van der Waals surface area contributed by atoms with E-state index in [0.717, 1.165) is 19.5 Å². The summed E-state index contributed by atoms with van der Waals surface area (Å²) in [7, 11) is 0. The van der Waals surface area contributed by atoms with E-state index in [1.807, 2.05) is 6.92 Å². The number of aliphatic hydroxyl groups excluding tert-OH is 1. The van der Waals surface area contributed by atoms with Gasteiger partial charge in [0.2, 0.25) is 0 Å². The van der Waals surface area contributed by atoms with Crippen molar-refractivity contribution in [3.63, 3.8) is 0 Å². The number of hydrogen-bond acceptors (Lipinski definition) is 3. The van der Waals surface area contributed by atoms with Crippen LogP contribution >= 0.6 is 0 Å². The van der Waals surface area contributed by atoms with Gasteiger partial charge in [0.25, 0.3) is 0 Å². The molecule has 0 aromatic carbocycles. The number of likely N-dealkylation sites (tertiary alicyclic amines) is 1. The zero-order chi connectivity index (χ0) is 12.4. The molecule has 0 aromatic rings. The van der Waals surface area contributed by atoms with Gasteiger partial charge in [0, 0.05) is 11.6 Å². The highest BCUT2D eigenvalue weighted by molar-refractivity contribution is 4.87. The van der Waals surface area contributed by atoms with Crippen LogP contribution < -0.4 is 5.73 Å². The smallest absolute Gasteiger partial charge is 0.0609 e. The van der Waals surface area contributed by atoms with Crippen LogP contribution in [0.3, 0.4) is 0 Å². The fourth-order valence-corrected chi connectivity index (χ4v) is 2.44. The molecule has 0 radical (unpaired) electrons. The topological polar surface area (TPSA) is 49.5 Å². The lowest BCUT2D eigenvalue weighted by Crippen LogP contribution is -2.49. The predicted molar refractivity (Wildman–Crippen MR) is 68.3 cm³/mol. The first-order valence-corrected chi connectivity index (χ1v) is 6.40. The molecule has 3 heteroatoms. The Morgan fingerprint density at radius 3 is 2.31 bits per heavy atom. The standard InChI is InChI=1S/C13H28N2O/c1-11(9-13(4,14)10-16)15-7-5-12(2,3)6-8-15/h11,16H,5-10,14H2,1-4H3. The lowest BCUT2D eigenvalue weighted by molar-refractivity contribution is 0.0779. The van der Waals surface area contributed by atoms with E-state index in [1.165, 1.54) is 12.8 Å². The molecule has 0 amide bonds. The summed E-state index contributed by atoms with van der Waals surface area (Å²) >= 11 is 0. The van der Waals surface area contributed by atoms with Crippen molar-refractivity contribution >= 4 is 0 Å². The summed E-state index contributed by atoms with van der Waals surface area (Å²) in [6, 6.07) is 0.471. The third-order valence-electron chi connectivity index (χ3n) is 3.90. The van der Waals surface area contributed by atoms with E-state index in [-0.39, 0.29) is 6.61 Å². The fraction of sp³-hybridized carbons (Fsp3) is 1.00. The summed E-state index contributed by atoms with van der Waals surface area (Å²) in [5.74, 6) is 0. The molecule has 1 fully saturated rings. The number of rotatable bonds is 4. The monoisotopic (exact) mass is 228 g/mol. The molecule has 1 aliphatic rings. The van der Waals surface area contributed by atoms with E-state index in [0.29, 0.717) is 11.5 Å². The average molecular weight is 228 g/mol. The third kappa shape index (κ3) is 4.04. The van der Waals surface area contributed by atoms with Crippen LogP contribution in [0.15, 0.2) is 0 Å². The number of piperidine rings is 1. The number of nitrogens with zero attached hydrogens (tertiary/aromatic N) is 1. The minimum atomic E-state index is -0.438. The van der Waals surface area contributed by atoms with E-state index in [1.54, 1.807) is 0 Å². The quantitative estimate of drug-likeness (QED) is 0.768. The maximum atomic E-state index is 9.18. The van der Waals surface area contributed by atoms with Crippen LogP contribution in [0.4, 0.5) is 0 Å². The molecule has 2 atom stereocenters. The first kappa shape index (κ1) is 13.9. The van der Waals surface area contributed by atoms with Crippen molar-refractivity contribution in [2.24, 2.45) is 11.1 Å². The summed E-state index contributed by atoms with van der Waals surface area (Å²) in [6.45, 7) is 11.2. The Balaban J connectivity index is 2.42. The molecule has 96 valence electrons. The summed E-state index contributed by atoms with van der Waals surface area (Å²) in [4.78, 5) is 2.51. The first-order valence-electron chi connectivity index (χ1n) is 6.40. The van der Waals surface area contributed by atoms with Gasteiger partial charge in [-0.3, -0.25) is 0 Å². The van der Waals surface area contributed by atoms with E-state index in [9.17, 15) is 5.11 Å². The Morgan fingerprint density at radius 2 is 1.88 bits per heavy atom. The van der Waals surface area contributed by atoms with Gasteiger partial charge in [-0.25, -0.2) is 0 Å². The molecule has 0 aliphatic carbocycles. The summed E-state index contributed by atoms with van der Waals surface area (Å²) in [5, 5.41) is 9.18. The zero-order valence-corrected chi connectivity index (χ0v) is 11.3. The SMILES string of the molecule is CC(CC(C)(N)CO)N1CCC(C)(C)CC1. The van der Waals surface area contributed by atoms with Crippen molar-refractivity contribution in [2.45, 2.75) is 58.5 Å². The van der Waals surface area contributed by atoms with Crippen LogP contribution in [-0.2, 0) is 0 Å². The Kier molecular flexibility index (Phi) is 4.38. The van der Waals surface area contributed by atoms with Gasteiger partial charge < -0.3 is 15.7 Å². The Labute approximate surface area is 100 Å². The Hall–Kier alpha value is -0.120. The molecular formula is C13H28N2O. The lowest BCUT2D eigenvalue weighted by Gasteiger charge is -2.41. The van der Waals surface area contributed by atoms with Gasteiger partial charge >= 0.3 is 0 Å². The highest BCUT2D eigenvalue weighted by Crippen LogP contribution is 2.31. The first-order chi connectivity index (χ1) is 7.26. The largest absolute Gasteiger partial charge is 0.394 e. The molecule has 1 rings (SSSR count). The van der Waals surface area contributed by atoms with Crippen LogP contribution in [0.5, 0.6) is 0 Å². The molecular weight excluding hydrogens is 200 g/mol. The second kappa shape index (κ2) is 5.03. The number of aliphatic hydroxyl groups is 1. The molecule has 0 spiro atoms. The molecule has 1 aliphatic heterocycles. The lowest BCUT2D eigenvalue weighted by atomic mass is 9.81. The van der Waals surface area contributed by atoms with E-state index in [2.05, 4.69) is 25.7 Å². The van der Waals surface area contributed by atoms with Crippen LogP contribution in [-0.4, -0.2) is 41.3 Å². The Morgan fingerprint density at radius 1 is 1.38 bits per heavy atom. The van der Waals surface area contributed by atoms with E-state index in [4.69, 9.17) is 5.73 Å². The van der Waals surface area contributed by atoms with Crippen LogP contribution in [0, 0.1) is 5.41 Å². The molecule has 0 aromatic heterocycles. The summed E-state index contributed by atoms with van der Waals surface area (Å²) in [6.07, 6.45) is 3.39. The molecule has 3 nitrogen and oxygen atoms in total. The van der Waals surface area contributed by atoms with E-state index >= 15 is 0 Å². The maximum Gasteiger partial charge on any atom is 0.0609 e. The minimum absolute atomic E-state index is 0.0661. The minimum Gasteiger partial charge on any atom is -0.394 e. The predicted octanol–water partition coefficient (Wildman–Crippen LogP) is 1.60. The van der Waals surface area contributed by atoms with Crippen molar-refractivity contribution in [3.8, 4) is 0 Å². The summed E-state index contributed by atoms with van der Waals surface area (Å²) in [5.41, 5.74) is 6.06. The molecule has 2 unspecified atom stereocenters.